The lowest BCUT2D eigenvalue weighted by molar-refractivity contribution is -0.138. The third-order valence-electron chi connectivity index (χ3n) is 7.27. The lowest BCUT2D eigenvalue weighted by atomic mass is 9.76. The van der Waals surface area contributed by atoms with E-state index in [0.717, 1.165) is 31.4 Å². The highest BCUT2D eigenvalue weighted by molar-refractivity contribution is 5.63. The van der Waals surface area contributed by atoms with Crippen LogP contribution in [0.1, 0.15) is 65.6 Å². The number of hydrogen-bond acceptors (Lipinski definition) is 6. The van der Waals surface area contributed by atoms with Gasteiger partial charge in [0.2, 0.25) is 0 Å². The molecule has 0 amide bonds. The maximum Gasteiger partial charge on any atom is 0.434 e. The number of hydrazine groups is 1. The number of hydrogen-bond donors (Lipinski definition) is 2. The van der Waals surface area contributed by atoms with Crippen LogP contribution in [0.3, 0.4) is 0 Å². The largest absolute Gasteiger partial charge is 0.434 e. The Morgan fingerprint density at radius 2 is 1.58 bits per heavy atom. The Morgan fingerprint density at radius 3 is 2.12 bits per heavy atom. The number of allylic oxidation sites excluding steroid dienone is 1. The monoisotopic (exact) mass is 620 g/mol. The third kappa shape index (κ3) is 6.78. The number of aromatic nitrogens is 3. The summed E-state index contributed by atoms with van der Waals surface area (Å²) in [4.78, 5) is 17.2. The standard InChI is InChI=1S/C27H25F9N6O/c1-41(38)24(27(34,35)36)23(37)20-11-16(13-4-6-14(7-5-13)22-18(29)9-15(28)10-19(22)30)25(43)42(40-20)12-21-17(26(31,32)33)3-2-8-39-21/h2-3,8-11,13-14H,4-7,12,37-38H2,1H3/b24-23-. The number of benzene rings is 1. The van der Waals surface area contributed by atoms with Crippen molar-refractivity contribution in [3.05, 3.63) is 98.1 Å². The van der Waals surface area contributed by atoms with Crippen LogP contribution in [0.15, 0.2) is 47.0 Å². The van der Waals surface area contributed by atoms with Gasteiger partial charge in [0.05, 0.1) is 23.5 Å². The van der Waals surface area contributed by atoms with Crippen LogP contribution < -0.4 is 17.1 Å². The fourth-order valence-corrected chi connectivity index (χ4v) is 5.36. The van der Waals surface area contributed by atoms with Gasteiger partial charge in [0.25, 0.3) is 5.56 Å². The van der Waals surface area contributed by atoms with E-state index in [2.05, 4.69) is 10.1 Å². The molecule has 0 spiro atoms. The molecule has 43 heavy (non-hydrogen) atoms. The van der Waals surface area contributed by atoms with Crippen LogP contribution in [0, 0.1) is 17.5 Å². The Labute approximate surface area is 238 Å². The minimum absolute atomic E-state index is 0.114. The first-order chi connectivity index (χ1) is 20.0. The van der Waals surface area contributed by atoms with Crippen molar-refractivity contribution >= 4 is 5.70 Å². The van der Waals surface area contributed by atoms with Gasteiger partial charge in [0, 0.05) is 36.5 Å². The molecule has 0 saturated heterocycles. The first-order valence-electron chi connectivity index (χ1n) is 12.8. The summed E-state index contributed by atoms with van der Waals surface area (Å²) in [6, 6.07) is 3.87. The van der Waals surface area contributed by atoms with E-state index >= 15 is 0 Å². The maximum atomic E-state index is 14.4. The predicted molar refractivity (Wildman–Crippen MR) is 136 cm³/mol. The molecule has 232 valence electrons. The molecule has 1 aliphatic rings. The van der Waals surface area contributed by atoms with Gasteiger partial charge >= 0.3 is 12.4 Å². The summed E-state index contributed by atoms with van der Waals surface area (Å²) in [6.45, 7) is -0.857. The van der Waals surface area contributed by atoms with E-state index in [9.17, 15) is 44.3 Å². The molecule has 1 aromatic carbocycles. The number of alkyl halides is 6. The molecule has 0 aliphatic heterocycles. The molecule has 4 rings (SSSR count). The second-order valence-corrected chi connectivity index (χ2v) is 10.1. The molecular weight excluding hydrogens is 595 g/mol. The van der Waals surface area contributed by atoms with Crippen LogP contribution in [-0.4, -0.2) is 33.0 Å². The molecule has 2 aromatic heterocycles. The van der Waals surface area contributed by atoms with Crippen LogP contribution in [0.25, 0.3) is 5.70 Å². The van der Waals surface area contributed by atoms with Crippen LogP contribution in [0.2, 0.25) is 0 Å². The lowest BCUT2D eigenvalue weighted by Gasteiger charge is -2.29. The van der Waals surface area contributed by atoms with Gasteiger partial charge in [0.15, 0.2) is 5.70 Å². The van der Waals surface area contributed by atoms with Crippen molar-refractivity contribution in [2.45, 2.75) is 56.4 Å². The van der Waals surface area contributed by atoms with E-state index in [0.29, 0.717) is 16.8 Å². The van der Waals surface area contributed by atoms with E-state index in [1.165, 1.54) is 0 Å². The number of rotatable bonds is 6. The van der Waals surface area contributed by atoms with Crippen molar-refractivity contribution in [1.82, 2.24) is 19.8 Å². The first kappa shape index (κ1) is 31.8. The molecule has 0 unspecified atom stereocenters. The van der Waals surface area contributed by atoms with Crippen molar-refractivity contribution in [3.8, 4) is 0 Å². The number of nitrogens with two attached hydrogens (primary N) is 2. The van der Waals surface area contributed by atoms with Crippen molar-refractivity contribution in [2.24, 2.45) is 11.6 Å². The molecule has 16 heteroatoms. The van der Waals surface area contributed by atoms with Gasteiger partial charge in [-0.15, -0.1) is 0 Å². The summed E-state index contributed by atoms with van der Waals surface area (Å²) in [5, 5.41) is 4.05. The summed E-state index contributed by atoms with van der Waals surface area (Å²) in [5.74, 6) is 0.750. The third-order valence-corrected chi connectivity index (χ3v) is 7.27. The molecule has 2 heterocycles. The van der Waals surface area contributed by atoms with E-state index in [4.69, 9.17) is 11.6 Å². The number of nitrogens with zero attached hydrogens (tertiary/aromatic N) is 4. The van der Waals surface area contributed by atoms with E-state index < -0.39 is 82.1 Å². The Hall–Kier alpha value is -4.08. The van der Waals surface area contributed by atoms with Gasteiger partial charge in [-0.2, -0.15) is 31.4 Å². The fraction of sp³-hybridized carbons (Fsp3) is 0.370. The average molecular weight is 621 g/mol. The molecule has 0 radical (unpaired) electrons. The van der Waals surface area contributed by atoms with E-state index in [-0.39, 0.29) is 41.8 Å². The van der Waals surface area contributed by atoms with Gasteiger partial charge in [-0.1, -0.05) is 0 Å². The number of halogens is 9. The zero-order chi connectivity index (χ0) is 31.9. The minimum atomic E-state index is -5.07. The minimum Gasteiger partial charge on any atom is -0.395 e. The highest BCUT2D eigenvalue weighted by atomic mass is 19.4. The van der Waals surface area contributed by atoms with Gasteiger partial charge in [-0.25, -0.2) is 23.7 Å². The van der Waals surface area contributed by atoms with Gasteiger partial charge < -0.3 is 10.7 Å². The molecule has 7 nitrogen and oxygen atoms in total. The first-order valence-corrected chi connectivity index (χ1v) is 12.8. The average Bonchev–Trinajstić information content (AvgIpc) is 2.88. The Bertz CT molecular complexity index is 1570. The Balaban J connectivity index is 1.80. The van der Waals surface area contributed by atoms with Crippen LogP contribution in [-0.2, 0) is 12.7 Å². The van der Waals surface area contributed by atoms with E-state index in [1.54, 1.807) is 0 Å². The zero-order valence-electron chi connectivity index (χ0n) is 22.4. The van der Waals surface area contributed by atoms with Crippen LogP contribution in [0.5, 0.6) is 0 Å². The smallest absolute Gasteiger partial charge is 0.395 e. The van der Waals surface area contributed by atoms with Crippen LogP contribution >= 0.6 is 0 Å². The summed E-state index contributed by atoms with van der Waals surface area (Å²) in [6.07, 6.45) is -8.42. The quantitative estimate of drug-likeness (QED) is 0.213. The fourth-order valence-electron chi connectivity index (χ4n) is 5.36. The SMILES string of the molecule is CN(N)/C(=C(\N)c1cc(C2CCC(c3c(F)cc(F)cc3F)CC2)c(=O)n(Cc2ncccc2C(F)(F)F)n1)C(F)(F)F. The summed E-state index contributed by atoms with van der Waals surface area (Å²) >= 11 is 0. The zero-order valence-corrected chi connectivity index (χ0v) is 22.4. The van der Waals surface area contributed by atoms with Crippen molar-refractivity contribution < 1.29 is 39.5 Å². The van der Waals surface area contributed by atoms with Gasteiger partial charge in [-0.05, 0) is 55.7 Å². The second-order valence-electron chi connectivity index (χ2n) is 10.1. The number of pyridine rings is 1. The van der Waals surface area contributed by atoms with Crippen molar-refractivity contribution in [1.29, 1.82) is 0 Å². The van der Waals surface area contributed by atoms with E-state index in [1.807, 2.05) is 0 Å². The summed E-state index contributed by atoms with van der Waals surface area (Å²) in [7, 11) is 0.866. The molecule has 1 fully saturated rings. The molecule has 3 aromatic rings. The second kappa shape index (κ2) is 11.9. The van der Waals surface area contributed by atoms with Gasteiger partial charge in [-0.3, -0.25) is 9.78 Å². The topological polar surface area (TPSA) is 103 Å². The highest BCUT2D eigenvalue weighted by Gasteiger charge is 2.40. The lowest BCUT2D eigenvalue weighted by Crippen LogP contribution is -2.37. The molecular formula is C27H25F9N6O. The van der Waals surface area contributed by atoms with Crippen molar-refractivity contribution in [2.75, 3.05) is 7.05 Å². The Kier molecular flexibility index (Phi) is 8.81. The highest BCUT2D eigenvalue weighted by Crippen LogP contribution is 2.42. The van der Waals surface area contributed by atoms with Gasteiger partial charge in [0.1, 0.15) is 23.1 Å². The molecule has 0 atom stereocenters. The van der Waals surface area contributed by atoms with Crippen molar-refractivity contribution in [3.63, 3.8) is 0 Å². The molecule has 1 aliphatic carbocycles. The summed E-state index contributed by atoms with van der Waals surface area (Å²) < 4.78 is 125. The molecule has 0 bridgehead atoms. The summed E-state index contributed by atoms with van der Waals surface area (Å²) in [5.41, 5.74) is -0.406. The maximum absolute atomic E-state index is 14.4. The molecule has 4 N–H and O–H groups in total. The normalized spacial score (nSPS) is 18.4. The predicted octanol–water partition coefficient (Wildman–Crippen LogP) is 5.56. The molecule has 1 saturated carbocycles. The Morgan fingerprint density at radius 1 is 1.00 bits per heavy atom. The van der Waals surface area contributed by atoms with Crippen LogP contribution in [0.4, 0.5) is 39.5 Å².